The van der Waals surface area contributed by atoms with Gasteiger partial charge in [-0.15, -0.1) is 0 Å². The molecule has 0 atom stereocenters. The molecule has 0 fully saturated rings. The van der Waals surface area contributed by atoms with E-state index in [2.05, 4.69) is 20.9 Å². The van der Waals surface area contributed by atoms with E-state index in [1.807, 2.05) is 67.1 Å². The van der Waals surface area contributed by atoms with Gasteiger partial charge in [-0.2, -0.15) is 5.10 Å². The predicted octanol–water partition coefficient (Wildman–Crippen LogP) is 5.07. The van der Waals surface area contributed by atoms with E-state index in [4.69, 9.17) is 5.10 Å². The van der Waals surface area contributed by atoms with Crippen LogP contribution < -0.4 is 4.31 Å². The molecule has 0 saturated heterocycles. The van der Waals surface area contributed by atoms with Crippen LogP contribution in [-0.4, -0.2) is 29.7 Å². The van der Waals surface area contributed by atoms with Crippen LogP contribution in [-0.2, 0) is 16.4 Å². The van der Waals surface area contributed by atoms with Gasteiger partial charge in [0, 0.05) is 34.0 Å². The van der Waals surface area contributed by atoms with Gasteiger partial charge in [-0.3, -0.25) is 0 Å². The summed E-state index contributed by atoms with van der Waals surface area (Å²) in [5.41, 5.74) is 5.43. The Balaban J connectivity index is 1.67. The van der Waals surface area contributed by atoms with Gasteiger partial charge in [0.05, 0.1) is 10.6 Å². The average Bonchev–Trinajstić information content (AvgIpc) is 3.00. The van der Waals surface area contributed by atoms with E-state index in [9.17, 15) is 8.42 Å². The van der Waals surface area contributed by atoms with Crippen LogP contribution in [0.2, 0.25) is 0 Å². The van der Waals surface area contributed by atoms with Crippen molar-refractivity contribution in [3.05, 3.63) is 88.2 Å². The van der Waals surface area contributed by atoms with Gasteiger partial charge in [-0.05, 0) is 72.6 Å². The molecule has 2 aromatic heterocycles. The van der Waals surface area contributed by atoms with Crippen LogP contribution in [0.5, 0.6) is 0 Å². The number of para-hydroxylation sites is 1. The number of pyridine rings is 1. The molecule has 6 nitrogen and oxygen atoms in total. The normalized spacial score (nSPS) is 13.4. The van der Waals surface area contributed by atoms with E-state index in [0.717, 1.165) is 32.7 Å². The molecule has 162 valence electrons. The van der Waals surface area contributed by atoms with Crippen molar-refractivity contribution >= 4 is 31.8 Å². The highest BCUT2D eigenvalue weighted by molar-refractivity contribution is 9.10. The van der Waals surface area contributed by atoms with Crippen LogP contribution in [0.4, 0.5) is 5.82 Å². The van der Waals surface area contributed by atoms with Crippen molar-refractivity contribution < 1.29 is 8.42 Å². The van der Waals surface area contributed by atoms with E-state index in [1.54, 1.807) is 18.3 Å². The molecule has 8 heteroatoms. The van der Waals surface area contributed by atoms with Gasteiger partial charge in [0.25, 0.3) is 10.0 Å². The molecule has 3 heterocycles. The number of nitrogens with zero attached hydrogens (tertiary/aromatic N) is 4. The van der Waals surface area contributed by atoms with Crippen molar-refractivity contribution in [2.24, 2.45) is 0 Å². The molecule has 0 N–H and O–H groups in total. The van der Waals surface area contributed by atoms with Gasteiger partial charge >= 0.3 is 0 Å². The molecule has 0 unspecified atom stereocenters. The third-order valence-corrected chi connectivity index (χ3v) is 8.25. The molecule has 0 amide bonds. The quantitative estimate of drug-likeness (QED) is 0.387. The number of aryl methyl sites for hydroxylation is 1. The van der Waals surface area contributed by atoms with E-state index in [1.165, 1.54) is 4.31 Å². The predicted molar refractivity (Wildman–Crippen MR) is 129 cm³/mol. The monoisotopic (exact) mass is 508 g/mol. The van der Waals surface area contributed by atoms with Gasteiger partial charge in [0.1, 0.15) is 5.69 Å². The van der Waals surface area contributed by atoms with Crippen LogP contribution in [0.3, 0.4) is 0 Å². The molecular weight excluding hydrogens is 488 g/mol. The second kappa shape index (κ2) is 7.86. The number of benzene rings is 2. The number of aromatic nitrogens is 3. The summed E-state index contributed by atoms with van der Waals surface area (Å²) in [6.07, 6.45) is 2.16. The van der Waals surface area contributed by atoms with Gasteiger partial charge in [0.15, 0.2) is 5.82 Å². The minimum absolute atomic E-state index is 0.259. The minimum atomic E-state index is -3.76. The molecule has 0 radical (unpaired) electrons. The van der Waals surface area contributed by atoms with Gasteiger partial charge < -0.3 is 0 Å². The van der Waals surface area contributed by atoms with Gasteiger partial charge in [-0.25, -0.2) is 22.4 Å². The highest BCUT2D eigenvalue weighted by Gasteiger charge is 2.33. The van der Waals surface area contributed by atoms with Crippen molar-refractivity contribution in [2.45, 2.75) is 25.2 Å². The summed E-state index contributed by atoms with van der Waals surface area (Å²) < 4.78 is 31.4. The van der Waals surface area contributed by atoms with Gasteiger partial charge in [-0.1, -0.05) is 29.8 Å². The van der Waals surface area contributed by atoms with Crippen molar-refractivity contribution in [3.8, 4) is 16.9 Å². The second-order valence-electron chi connectivity index (χ2n) is 7.79. The Bertz CT molecular complexity index is 1430. The lowest BCUT2D eigenvalue weighted by molar-refractivity contribution is 0.590. The van der Waals surface area contributed by atoms with E-state index >= 15 is 0 Å². The Morgan fingerprint density at radius 2 is 1.72 bits per heavy atom. The van der Waals surface area contributed by atoms with Crippen LogP contribution in [0.25, 0.3) is 16.9 Å². The van der Waals surface area contributed by atoms with Crippen LogP contribution >= 0.6 is 15.9 Å². The number of halogens is 1. The lowest BCUT2D eigenvalue weighted by atomic mass is 10.1. The van der Waals surface area contributed by atoms with Crippen molar-refractivity contribution in [2.75, 3.05) is 10.8 Å². The summed E-state index contributed by atoms with van der Waals surface area (Å²) in [7, 11) is -3.76. The number of rotatable bonds is 3. The maximum absolute atomic E-state index is 13.6. The van der Waals surface area contributed by atoms with Crippen LogP contribution in [0.15, 0.2) is 76.2 Å². The minimum Gasteiger partial charge on any atom is -0.249 e. The largest absolute Gasteiger partial charge is 0.265 e. The Labute approximate surface area is 195 Å². The zero-order valence-corrected chi connectivity index (χ0v) is 20.1. The molecule has 4 aromatic rings. The zero-order chi connectivity index (χ0) is 22.5. The third kappa shape index (κ3) is 3.34. The van der Waals surface area contributed by atoms with E-state index in [-0.39, 0.29) is 11.4 Å². The third-order valence-electron chi connectivity index (χ3n) is 5.77. The number of anilines is 1. The lowest BCUT2D eigenvalue weighted by Crippen LogP contribution is -2.33. The maximum atomic E-state index is 13.6. The molecule has 0 aliphatic carbocycles. The molecule has 5 rings (SSSR count). The average molecular weight is 509 g/mol. The summed E-state index contributed by atoms with van der Waals surface area (Å²) in [5.74, 6) is 0.406. The Kier molecular flexibility index (Phi) is 5.14. The highest BCUT2D eigenvalue weighted by Crippen LogP contribution is 2.39. The first-order valence-corrected chi connectivity index (χ1v) is 12.5. The van der Waals surface area contributed by atoms with Crippen molar-refractivity contribution in [1.82, 2.24) is 14.8 Å². The van der Waals surface area contributed by atoms with Gasteiger partial charge in [0.2, 0.25) is 0 Å². The highest BCUT2D eigenvalue weighted by atomic mass is 79.9. The second-order valence-corrected chi connectivity index (χ2v) is 10.5. The fraction of sp³-hybridized carbons (Fsp3) is 0.167. The smallest absolute Gasteiger partial charge is 0.249 e. The van der Waals surface area contributed by atoms with Crippen LogP contribution in [0.1, 0.15) is 16.8 Å². The summed E-state index contributed by atoms with van der Waals surface area (Å²) in [6, 6.07) is 18.5. The zero-order valence-electron chi connectivity index (χ0n) is 17.7. The number of fused-ring (bicyclic) bond motifs is 3. The Morgan fingerprint density at radius 1 is 0.969 bits per heavy atom. The maximum Gasteiger partial charge on any atom is 0.265 e. The number of hydrogen-bond donors (Lipinski definition) is 0. The first kappa shape index (κ1) is 20.9. The topological polar surface area (TPSA) is 68.1 Å². The summed E-state index contributed by atoms with van der Waals surface area (Å²) in [6.45, 7) is 4.24. The van der Waals surface area contributed by atoms with E-state index in [0.29, 0.717) is 17.8 Å². The SMILES string of the molecule is Cc1ccc(S(=O)(=O)N2CCc3c(nn(-c4ccccc4Br)c3C)-c3cccnc32)cc1. The summed E-state index contributed by atoms with van der Waals surface area (Å²) in [5, 5.41) is 4.91. The van der Waals surface area contributed by atoms with Crippen molar-refractivity contribution in [1.29, 1.82) is 0 Å². The lowest BCUT2D eigenvalue weighted by Gasteiger charge is -2.23. The van der Waals surface area contributed by atoms with E-state index < -0.39 is 10.0 Å². The standard InChI is InChI=1S/C24H21BrN4O2S/c1-16-9-11-18(12-10-16)32(30,31)28-15-13-19-17(2)29(22-8-4-3-7-21(22)25)27-23(19)20-6-5-14-26-24(20)28/h3-12,14H,13,15H2,1-2H3. The van der Waals surface area contributed by atoms with Crippen molar-refractivity contribution in [3.63, 3.8) is 0 Å². The molecule has 1 aliphatic rings. The molecule has 0 saturated carbocycles. The molecule has 0 spiro atoms. The number of sulfonamides is 1. The fourth-order valence-corrected chi connectivity index (χ4v) is 5.97. The summed E-state index contributed by atoms with van der Waals surface area (Å²) in [4.78, 5) is 4.74. The molecular formula is C24H21BrN4O2S. The molecule has 1 aliphatic heterocycles. The first-order chi connectivity index (χ1) is 15.4. The van der Waals surface area contributed by atoms with Crippen LogP contribution in [0, 0.1) is 13.8 Å². The summed E-state index contributed by atoms with van der Waals surface area (Å²) >= 11 is 3.61. The number of hydrogen-bond acceptors (Lipinski definition) is 4. The Hall–Kier alpha value is -2.97. The molecule has 0 bridgehead atoms. The molecule has 32 heavy (non-hydrogen) atoms. The fourth-order valence-electron chi connectivity index (χ4n) is 4.08. The Morgan fingerprint density at radius 3 is 2.47 bits per heavy atom. The first-order valence-electron chi connectivity index (χ1n) is 10.3. The molecule has 2 aromatic carbocycles.